The minimum Gasteiger partial charge on any atom is -0.336 e. The van der Waals surface area contributed by atoms with Crippen LogP contribution < -0.4 is 5.32 Å². The van der Waals surface area contributed by atoms with E-state index in [9.17, 15) is 4.79 Å². The molecule has 2 aliphatic rings. The Labute approximate surface area is 112 Å². The molecule has 3 nitrogen and oxygen atoms in total. The molecule has 0 radical (unpaired) electrons. The topological polar surface area (TPSA) is 32.3 Å². The fourth-order valence-corrected chi connectivity index (χ4v) is 3.45. The van der Waals surface area contributed by atoms with Gasteiger partial charge < -0.3 is 10.2 Å². The van der Waals surface area contributed by atoms with E-state index in [4.69, 9.17) is 0 Å². The van der Waals surface area contributed by atoms with E-state index in [2.05, 4.69) is 24.4 Å². The summed E-state index contributed by atoms with van der Waals surface area (Å²) in [6, 6.07) is 4.97. The molecular weight excluding hydrogens is 244 g/mol. The van der Waals surface area contributed by atoms with Gasteiger partial charge in [-0.1, -0.05) is 0 Å². The van der Waals surface area contributed by atoms with Crippen LogP contribution in [0.15, 0.2) is 12.1 Å². The van der Waals surface area contributed by atoms with Gasteiger partial charge in [0, 0.05) is 22.3 Å². The third kappa shape index (κ3) is 2.75. The van der Waals surface area contributed by atoms with Crippen LogP contribution in [0.25, 0.3) is 0 Å². The lowest BCUT2D eigenvalue weighted by Gasteiger charge is -2.32. The van der Waals surface area contributed by atoms with E-state index in [0.29, 0.717) is 11.9 Å². The number of amides is 1. The van der Waals surface area contributed by atoms with Crippen LogP contribution in [-0.4, -0.2) is 29.4 Å². The lowest BCUT2D eigenvalue weighted by molar-refractivity contribution is -0.136. The second kappa shape index (κ2) is 5.02. The number of carbonyl (C=O) groups excluding carboxylic acids is 1. The second-order valence-corrected chi connectivity index (χ2v) is 6.78. The number of nitrogens with zero attached hydrogens (tertiary/aromatic N) is 1. The number of rotatable bonds is 4. The summed E-state index contributed by atoms with van der Waals surface area (Å²) in [5, 5.41) is 3.48. The van der Waals surface area contributed by atoms with Crippen molar-refractivity contribution in [3.8, 4) is 0 Å². The molecule has 1 N–H and O–H groups in total. The highest BCUT2D eigenvalue weighted by molar-refractivity contribution is 7.11. The maximum atomic E-state index is 12.4. The zero-order chi connectivity index (χ0) is 12.5. The molecule has 18 heavy (non-hydrogen) atoms. The monoisotopic (exact) mass is 264 g/mol. The number of carbonyl (C=O) groups is 1. The maximum absolute atomic E-state index is 12.4. The number of aryl methyl sites for hydroxylation is 1. The van der Waals surface area contributed by atoms with Crippen LogP contribution in [0.1, 0.15) is 35.4 Å². The van der Waals surface area contributed by atoms with Gasteiger partial charge in [0.05, 0.1) is 12.6 Å². The molecule has 98 valence electrons. The summed E-state index contributed by atoms with van der Waals surface area (Å²) < 4.78 is 0. The lowest BCUT2D eigenvalue weighted by Crippen LogP contribution is -2.50. The van der Waals surface area contributed by atoms with Crippen molar-refractivity contribution in [2.24, 2.45) is 0 Å². The van der Waals surface area contributed by atoms with Gasteiger partial charge in [0.1, 0.15) is 0 Å². The molecule has 1 amide bonds. The number of piperidine rings is 1. The second-order valence-electron chi connectivity index (χ2n) is 5.41. The quantitative estimate of drug-likeness (QED) is 0.905. The molecule has 1 aromatic rings. The smallest absolute Gasteiger partial charge is 0.240 e. The Bertz CT molecular complexity index is 439. The molecular formula is C14H20N2OS. The molecule has 1 saturated carbocycles. The van der Waals surface area contributed by atoms with Gasteiger partial charge in [-0.3, -0.25) is 4.79 Å². The van der Waals surface area contributed by atoms with Crippen molar-refractivity contribution in [2.45, 2.75) is 51.2 Å². The van der Waals surface area contributed by atoms with Gasteiger partial charge in [0.2, 0.25) is 5.91 Å². The van der Waals surface area contributed by atoms with Gasteiger partial charge in [0.15, 0.2) is 0 Å². The molecule has 3 rings (SSSR count). The van der Waals surface area contributed by atoms with Gasteiger partial charge in [-0.05, 0) is 44.7 Å². The van der Waals surface area contributed by atoms with E-state index >= 15 is 0 Å². The predicted octanol–water partition coefficient (Wildman–Crippen LogP) is 2.30. The summed E-state index contributed by atoms with van der Waals surface area (Å²) >= 11 is 1.80. The highest BCUT2D eigenvalue weighted by Crippen LogP contribution is 2.24. The van der Waals surface area contributed by atoms with Gasteiger partial charge in [-0.15, -0.1) is 11.3 Å². The Morgan fingerprint density at radius 2 is 2.22 bits per heavy atom. The normalized spacial score (nSPS) is 24.6. The average molecular weight is 264 g/mol. The first-order valence-electron chi connectivity index (χ1n) is 6.82. The van der Waals surface area contributed by atoms with Crippen LogP contribution in [0, 0.1) is 6.92 Å². The molecule has 1 aromatic heterocycles. The number of thiophene rings is 1. The molecule has 0 bridgehead atoms. The molecule has 1 saturated heterocycles. The van der Waals surface area contributed by atoms with Crippen molar-refractivity contribution in [1.82, 2.24) is 10.2 Å². The third-order valence-corrected chi connectivity index (χ3v) is 4.67. The zero-order valence-electron chi connectivity index (χ0n) is 10.8. The summed E-state index contributed by atoms with van der Waals surface area (Å²) in [6.07, 6.45) is 4.62. The Morgan fingerprint density at radius 1 is 1.39 bits per heavy atom. The summed E-state index contributed by atoms with van der Waals surface area (Å²) in [7, 11) is 0. The Balaban J connectivity index is 1.62. The van der Waals surface area contributed by atoms with Gasteiger partial charge in [0.25, 0.3) is 0 Å². The molecule has 0 aromatic carbocycles. The molecule has 0 spiro atoms. The van der Waals surface area contributed by atoms with E-state index in [1.165, 1.54) is 22.6 Å². The SMILES string of the molecule is Cc1ccc(CN2CCCC(NC3CC3)C2=O)s1. The minimum atomic E-state index is 0.0762. The standard InChI is InChI=1S/C14H20N2OS/c1-10-4-7-12(18-10)9-16-8-2-3-13(14(16)17)15-11-5-6-11/h4,7,11,13,15H,2-3,5-6,8-9H2,1H3. The van der Waals surface area contributed by atoms with E-state index in [1.807, 2.05) is 4.90 Å². The summed E-state index contributed by atoms with van der Waals surface area (Å²) in [5.41, 5.74) is 0. The van der Waals surface area contributed by atoms with E-state index in [-0.39, 0.29) is 6.04 Å². The van der Waals surface area contributed by atoms with Crippen molar-refractivity contribution in [2.75, 3.05) is 6.54 Å². The highest BCUT2D eigenvalue weighted by atomic mass is 32.1. The fourth-order valence-electron chi connectivity index (χ4n) is 2.54. The number of likely N-dealkylation sites (tertiary alicyclic amines) is 1. The summed E-state index contributed by atoms with van der Waals surface area (Å²) in [4.78, 5) is 17.0. The largest absolute Gasteiger partial charge is 0.336 e. The predicted molar refractivity (Wildman–Crippen MR) is 73.7 cm³/mol. The lowest BCUT2D eigenvalue weighted by atomic mass is 10.0. The maximum Gasteiger partial charge on any atom is 0.240 e. The van der Waals surface area contributed by atoms with Crippen molar-refractivity contribution in [3.05, 3.63) is 21.9 Å². The van der Waals surface area contributed by atoms with Crippen LogP contribution in [0.4, 0.5) is 0 Å². The van der Waals surface area contributed by atoms with Crippen molar-refractivity contribution >= 4 is 17.2 Å². The molecule has 4 heteroatoms. The van der Waals surface area contributed by atoms with Crippen LogP contribution in [0.5, 0.6) is 0 Å². The fraction of sp³-hybridized carbons (Fsp3) is 0.643. The first-order chi connectivity index (χ1) is 8.72. The zero-order valence-corrected chi connectivity index (χ0v) is 11.6. The first-order valence-corrected chi connectivity index (χ1v) is 7.64. The summed E-state index contributed by atoms with van der Waals surface area (Å²) in [5.74, 6) is 0.305. The van der Waals surface area contributed by atoms with Crippen LogP contribution in [-0.2, 0) is 11.3 Å². The average Bonchev–Trinajstić information content (AvgIpc) is 3.07. The Morgan fingerprint density at radius 3 is 2.89 bits per heavy atom. The first kappa shape index (κ1) is 12.2. The van der Waals surface area contributed by atoms with E-state index < -0.39 is 0 Å². The molecule has 2 heterocycles. The van der Waals surface area contributed by atoms with Gasteiger partial charge in [-0.25, -0.2) is 0 Å². The van der Waals surface area contributed by atoms with Crippen LogP contribution >= 0.6 is 11.3 Å². The van der Waals surface area contributed by atoms with Crippen LogP contribution in [0.3, 0.4) is 0 Å². The third-order valence-electron chi connectivity index (χ3n) is 3.69. The van der Waals surface area contributed by atoms with Crippen molar-refractivity contribution in [3.63, 3.8) is 0 Å². The Kier molecular flexibility index (Phi) is 3.39. The molecule has 1 aliphatic carbocycles. The van der Waals surface area contributed by atoms with E-state index in [0.717, 1.165) is 25.9 Å². The molecule has 1 atom stereocenters. The summed E-state index contributed by atoms with van der Waals surface area (Å²) in [6.45, 7) is 3.82. The number of nitrogens with one attached hydrogen (secondary N) is 1. The van der Waals surface area contributed by atoms with E-state index in [1.54, 1.807) is 11.3 Å². The van der Waals surface area contributed by atoms with Crippen molar-refractivity contribution in [1.29, 1.82) is 0 Å². The molecule has 2 fully saturated rings. The van der Waals surface area contributed by atoms with Crippen LogP contribution in [0.2, 0.25) is 0 Å². The minimum absolute atomic E-state index is 0.0762. The highest BCUT2D eigenvalue weighted by Gasteiger charge is 2.33. The Hall–Kier alpha value is -0.870. The van der Waals surface area contributed by atoms with Gasteiger partial charge >= 0.3 is 0 Å². The van der Waals surface area contributed by atoms with Crippen molar-refractivity contribution < 1.29 is 4.79 Å². The molecule has 1 aliphatic heterocycles. The number of hydrogen-bond acceptors (Lipinski definition) is 3. The van der Waals surface area contributed by atoms with Gasteiger partial charge in [-0.2, -0.15) is 0 Å². The number of hydrogen-bond donors (Lipinski definition) is 1. The molecule has 1 unspecified atom stereocenters.